The van der Waals surface area contributed by atoms with Crippen LogP contribution in [-0.2, 0) is 4.79 Å². The smallest absolute Gasteiger partial charge is 0.261 e. The second-order valence-electron chi connectivity index (χ2n) is 5.34. The molecule has 0 aliphatic carbocycles. The van der Waals surface area contributed by atoms with E-state index in [-0.39, 0.29) is 18.4 Å². The lowest BCUT2D eigenvalue weighted by Crippen LogP contribution is -2.30. The molecule has 116 valence electrons. The molecule has 0 aromatic carbocycles. The molecule has 21 heavy (non-hydrogen) atoms. The van der Waals surface area contributed by atoms with Crippen LogP contribution in [0.4, 0.5) is 0 Å². The molecule has 1 atom stereocenters. The Bertz CT molecular complexity index is 461. The maximum Gasteiger partial charge on any atom is 0.261 e. The molecule has 5 nitrogen and oxygen atoms in total. The van der Waals surface area contributed by atoms with Gasteiger partial charge in [0.2, 0.25) is 5.91 Å². The van der Waals surface area contributed by atoms with Crippen LogP contribution in [0.3, 0.4) is 0 Å². The first-order valence-corrected chi connectivity index (χ1v) is 8.29. The summed E-state index contributed by atoms with van der Waals surface area (Å²) in [6.07, 6.45) is 2.90. The van der Waals surface area contributed by atoms with Crippen LogP contribution in [0, 0.1) is 5.92 Å². The summed E-state index contributed by atoms with van der Waals surface area (Å²) in [7, 11) is 0. The molecule has 2 rings (SSSR count). The normalized spacial score (nSPS) is 18.0. The van der Waals surface area contributed by atoms with E-state index in [2.05, 4.69) is 5.32 Å². The van der Waals surface area contributed by atoms with Crippen molar-refractivity contribution in [1.82, 2.24) is 10.2 Å². The van der Waals surface area contributed by atoms with Crippen molar-refractivity contribution in [2.24, 2.45) is 5.92 Å². The van der Waals surface area contributed by atoms with Gasteiger partial charge < -0.3 is 15.3 Å². The van der Waals surface area contributed by atoms with Crippen molar-refractivity contribution in [2.75, 3.05) is 26.2 Å². The molecule has 1 saturated heterocycles. The largest absolute Gasteiger partial charge is 0.396 e. The Balaban J connectivity index is 1.60. The van der Waals surface area contributed by atoms with Gasteiger partial charge in [-0.1, -0.05) is 6.07 Å². The lowest BCUT2D eigenvalue weighted by molar-refractivity contribution is -0.130. The first-order chi connectivity index (χ1) is 10.2. The van der Waals surface area contributed by atoms with E-state index in [9.17, 15) is 9.59 Å². The minimum atomic E-state index is -0.0679. The number of rotatable bonds is 7. The van der Waals surface area contributed by atoms with Crippen LogP contribution >= 0.6 is 11.3 Å². The highest BCUT2D eigenvalue weighted by molar-refractivity contribution is 7.12. The van der Waals surface area contributed by atoms with Crippen molar-refractivity contribution >= 4 is 23.2 Å². The molecule has 0 spiro atoms. The lowest BCUT2D eigenvalue weighted by Gasteiger charge is -2.16. The van der Waals surface area contributed by atoms with E-state index in [0.29, 0.717) is 30.2 Å². The topological polar surface area (TPSA) is 69.6 Å². The highest BCUT2D eigenvalue weighted by atomic mass is 32.1. The number of hydrogen-bond acceptors (Lipinski definition) is 4. The predicted molar refractivity (Wildman–Crippen MR) is 82.3 cm³/mol. The van der Waals surface area contributed by atoms with Gasteiger partial charge >= 0.3 is 0 Å². The molecule has 0 bridgehead atoms. The molecule has 6 heteroatoms. The molecule has 2 N–H and O–H groups in total. The molecule has 1 aliphatic heterocycles. The van der Waals surface area contributed by atoms with Crippen LogP contribution in [0.5, 0.6) is 0 Å². The summed E-state index contributed by atoms with van der Waals surface area (Å²) in [6, 6.07) is 3.63. The Morgan fingerprint density at radius 2 is 2.33 bits per heavy atom. The van der Waals surface area contributed by atoms with Gasteiger partial charge in [0.1, 0.15) is 0 Å². The molecule has 1 aromatic heterocycles. The number of likely N-dealkylation sites (tertiary alicyclic amines) is 1. The van der Waals surface area contributed by atoms with E-state index in [1.807, 2.05) is 16.3 Å². The highest BCUT2D eigenvalue weighted by Crippen LogP contribution is 2.20. The van der Waals surface area contributed by atoms with Crippen LogP contribution in [0.2, 0.25) is 0 Å². The number of amides is 2. The first-order valence-electron chi connectivity index (χ1n) is 7.41. The second-order valence-corrected chi connectivity index (χ2v) is 6.29. The maximum absolute atomic E-state index is 12.0. The SMILES string of the molecule is O=C(NCCCC(=O)N1CCC(CCO)C1)c1cccs1. The van der Waals surface area contributed by atoms with Crippen molar-refractivity contribution in [1.29, 1.82) is 0 Å². The minimum absolute atomic E-state index is 0.0679. The van der Waals surface area contributed by atoms with Crippen LogP contribution in [-0.4, -0.2) is 48.1 Å². The molecule has 1 aromatic rings. The first kappa shape index (κ1) is 16.0. The number of thiophene rings is 1. The summed E-state index contributed by atoms with van der Waals surface area (Å²) >= 11 is 1.41. The zero-order valence-corrected chi connectivity index (χ0v) is 12.9. The third-order valence-corrected chi connectivity index (χ3v) is 4.64. The summed E-state index contributed by atoms with van der Waals surface area (Å²) in [5.74, 6) is 0.528. The van der Waals surface area contributed by atoms with Gasteiger partial charge in [0, 0.05) is 32.7 Å². The molecule has 1 aliphatic rings. The van der Waals surface area contributed by atoms with E-state index in [4.69, 9.17) is 5.11 Å². The van der Waals surface area contributed by atoms with Crippen molar-refractivity contribution in [2.45, 2.75) is 25.7 Å². The Kier molecular flexibility index (Phi) is 6.20. The third kappa shape index (κ3) is 4.82. The fourth-order valence-electron chi connectivity index (χ4n) is 2.57. The van der Waals surface area contributed by atoms with Crippen LogP contribution in [0.15, 0.2) is 17.5 Å². The Labute approximate surface area is 129 Å². The molecule has 2 amide bonds. The third-order valence-electron chi connectivity index (χ3n) is 3.77. The van der Waals surface area contributed by atoms with E-state index < -0.39 is 0 Å². The Hall–Kier alpha value is -1.40. The van der Waals surface area contributed by atoms with Gasteiger partial charge in [0.15, 0.2) is 0 Å². The number of nitrogens with zero attached hydrogens (tertiary/aromatic N) is 1. The molecule has 0 radical (unpaired) electrons. The number of hydrogen-bond donors (Lipinski definition) is 2. The average Bonchev–Trinajstić information content (AvgIpc) is 3.14. The molecule has 1 fully saturated rings. The van der Waals surface area contributed by atoms with Gasteiger partial charge in [-0.25, -0.2) is 0 Å². The Morgan fingerprint density at radius 1 is 1.48 bits per heavy atom. The predicted octanol–water partition coefficient (Wildman–Crippen LogP) is 1.49. The summed E-state index contributed by atoms with van der Waals surface area (Å²) in [6.45, 7) is 2.28. The Morgan fingerprint density at radius 3 is 3.05 bits per heavy atom. The van der Waals surface area contributed by atoms with E-state index >= 15 is 0 Å². The summed E-state index contributed by atoms with van der Waals surface area (Å²) in [4.78, 5) is 26.3. The van der Waals surface area contributed by atoms with Crippen molar-refractivity contribution in [3.63, 3.8) is 0 Å². The average molecular weight is 310 g/mol. The summed E-state index contributed by atoms with van der Waals surface area (Å²) < 4.78 is 0. The molecule has 2 heterocycles. The number of aliphatic hydroxyl groups excluding tert-OH is 1. The monoisotopic (exact) mass is 310 g/mol. The zero-order chi connectivity index (χ0) is 15.1. The van der Waals surface area contributed by atoms with Gasteiger partial charge in [-0.3, -0.25) is 9.59 Å². The van der Waals surface area contributed by atoms with Crippen LogP contribution in [0.1, 0.15) is 35.4 Å². The standard InChI is InChI=1S/C15H22N2O3S/c18-9-6-12-5-8-17(11-12)14(19)4-1-7-16-15(20)13-3-2-10-21-13/h2-3,10,12,18H,1,4-9,11H2,(H,16,20). The van der Waals surface area contributed by atoms with E-state index in [1.165, 1.54) is 11.3 Å². The molecule has 1 unspecified atom stereocenters. The molecule has 0 saturated carbocycles. The van der Waals surface area contributed by atoms with Crippen molar-refractivity contribution in [3.8, 4) is 0 Å². The van der Waals surface area contributed by atoms with Gasteiger partial charge in [0.25, 0.3) is 5.91 Å². The highest BCUT2D eigenvalue weighted by Gasteiger charge is 2.25. The van der Waals surface area contributed by atoms with E-state index in [0.717, 1.165) is 25.9 Å². The molecular formula is C15H22N2O3S. The zero-order valence-electron chi connectivity index (χ0n) is 12.1. The quantitative estimate of drug-likeness (QED) is 0.750. The number of aliphatic hydroxyl groups is 1. The number of carbonyl (C=O) groups excluding carboxylic acids is 2. The van der Waals surface area contributed by atoms with Crippen LogP contribution < -0.4 is 5.32 Å². The van der Waals surface area contributed by atoms with Gasteiger partial charge in [-0.2, -0.15) is 0 Å². The minimum Gasteiger partial charge on any atom is -0.396 e. The van der Waals surface area contributed by atoms with Gasteiger partial charge in [0.05, 0.1) is 4.88 Å². The fraction of sp³-hybridized carbons (Fsp3) is 0.600. The van der Waals surface area contributed by atoms with E-state index in [1.54, 1.807) is 6.07 Å². The number of carbonyl (C=O) groups is 2. The molecular weight excluding hydrogens is 288 g/mol. The second kappa shape index (κ2) is 8.14. The van der Waals surface area contributed by atoms with Crippen LogP contribution in [0.25, 0.3) is 0 Å². The van der Waals surface area contributed by atoms with Gasteiger partial charge in [-0.05, 0) is 36.6 Å². The maximum atomic E-state index is 12.0. The summed E-state index contributed by atoms with van der Waals surface area (Å²) in [5.41, 5.74) is 0. The fourth-order valence-corrected chi connectivity index (χ4v) is 3.21. The van der Waals surface area contributed by atoms with Crippen molar-refractivity contribution in [3.05, 3.63) is 22.4 Å². The number of nitrogens with one attached hydrogen (secondary N) is 1. The van der Waals surface area contributed by atoms with Crippen molar-refractivity contribution < 1.29 is 14.7 Å². The summed E-state index contributed by atoms with van der Waals surface area (Å²) in [5, 5.41) is 13.6. The van der Waals surface area contributed by atoms with Gasteiger partial charge in [-0.15, -0.1) is 11.3 Å². The lowest BCUT2D eigenvalue weighted by atomic mass is 10.1.